The Balaban J connectivity index is 1.95. The molecule has 0 amide bonds. The Bertz CT molecular complexity index is 1100. The molecule has 0 aliphatic carbocycles. The van der Waals surface area contributed by atoms with Crippen LogP contribution in [0, 0.1) is 18.3 Å². The molecule has 6 heteroatoms. The Morgan fingerprint density at radius 2 is 2.04 bits per heavy atom. The van der Waals surface area contributed by atoms with Gasteiger partial charge in [0.1, 0.15) is 18.0 Å². The van der Waals surface area contributed by atoms with E-state index in [-0.39, 0.29) is 0 Å². The summed E-state index contributed by atoms with van der Waals surface area (Å²) in [7, 11) is 0. The maximum absolute atomic E-state index is 9.53. The summed E-state index contributed by atoms with van der Waals surface area (Å²) in [5.74, 6) is 0. The van der Waals surface area contributed by atoms with E-state index in [0.717, 1.165) is 39.2 Å². The average Bonchev–Trinajstić information content (AvgIpc) is 3.23. The van der Waals surface area contributed by atoms with Gasteiger partial charge >= 0.3 is 0 Å². The lowest BCUT2D eigenvalue weighted by molar-refractivity contribution is 1.19. The Labute approximate surface area is 143 Å². The number of hydrogen-bond donors (Lipinski definition) is 2. The highest BCUT2D eigenvalue weighted by Crippen LogP contribution is 2.33. The number of halogens is 1. The molecule has 0 aliphatic rings. The van der Waals surface area contributed by atoms with Crippen molar-refractivity contribution in [2.45, 2.75) is 6.92 Å². The number of hydrogen-bond acceptors (Lipinski definition) is 3. The van der Waals surface area contributed by atoms with Gasteiger partial charge in [-0.25, -0.2) is 9.97 Å². The zero-order valence-corrected chi connectivity index (χ0v) is 13.5. The van der Waals surface area contributed by atoms with E-state index in [1.807, 2.05) is 43.5 Å². The van der Waals surface area contributed by atoms with Crippen molar-refractivity contribution in [1.29, 1.82) is 5.26 Å². The molecule has 24 heavy (non-hydrogen) atoms. The van der Waals surface area contributed by atoms with Crippen LogP contribution in [0.1, 0.15) is 11.1 Å². The van der Waals surface area contributed by atoms with Crippen molar-refractivity contribution in [3.63, 3.8) is 0 Å². The van der Waals surface area contributed by atoms with Crippen LogP contribution in [0.2, 0.25) is 5.02 Å². The van der Waals surface area contributed by atoms with Gasteiger partial charge in [0.15, 0.2) is 0 Å². The van der Waals surface area contributed by atoms with E-state index in [4.69, 9.17) is 11.6 Å². The van der Waals surface area contributed by atoms with Gasteiger partial charge in [0.25, 0.3) is 0 Å². The minimum absolute atomic E-state index is 0.553. The normalized spacial score (nSPS) is 10.9. The number of fused-ring (bicyclic) bond motifs is 1. The molecule has 1 aromatic carbocycles. The monoisotopic (exact) mass is 333 g/mol. The molecule has 0 bridgehead atoms. The van der Waals surface area contributed by atoms with Crippen LogP contribution in [-0.4, -0.2) is 19.9 Å². The average molecular weight is 334 g/mol. The number of nitrogens with one attached hydrogen (secondary N) is 2. The highest BCUT2D eigenvalue weighted by atomic mass is 35.5. The van der Waals surface area contributed by atoms with E-state index < -0.39 is 0 Å². The summed E-state index contributed by atoms with van der Waals surface area (Å²) in [5, 5.41) is 11.1. The zero-order chi connectivity index (χ0) is 16.7. The summed E-state index contributed by atoms with van der Waals surface area (Å²) in [4.78, 5) is 15.0. The van der Waals surface area contributed by atoms with E-state index >= 15 is 0 Å². The van der Waals surface area contributed by atoms with Crippen molar-refractivity contribution in [3.8, 4) is 28.7 Å². The lowest BCUT2D eigenvalue weighted by atomic mass is 10.0. The lowest BCUT2D eigenvalue weighted by Gasteiger charge is -2.05. The predicted molar refractivity (Wildman–Crippen MR) is 93.6 cm³/mol. The highest BCUT2D eigenvalue weighted by Gasteiger charge is 2.16. The maximum Gasteiger partial charge on any atom is 0.141 e. The Morgan fingerprint density at radius 1 is 1.17 bits per heavy atom. The number of rotatable bonds is 2. The van der Waals surface area contributed by atoms with Crippen LogP contribution in [0.25, 0.3) is 33.7 Å². The molecule has 5 nitrogen and oxygen atoms in total. The number of H-pyrrole nitrogens is 2. The fraction of sp³-hybridized carbons (Fsp3) is 0.0556. The van der Waals surface area contributed by atoms with E-state index in [1.165, 1.54) is 6.33 Å². The van der Waals surface area contributed by atoms with Crippen LogP contribution < -0.4 is 0 Å². The van der Waals surface area contributed by atoms with Crippen LogP contribution >= 0.6 is 11.6 Å². The van der Waals surface area contributed by atoms with Gasteiger partial charge in [0, 0.05) is 22.2 Å². The summed E-state index contributed by atoms with van der Waals surface area (Å²) in [6, 6.07) is 11.6. The first kappa shape index (κ1) is 14.5. The summed E-state index contributed by atoms with van der Waals surface area (Å²) < 4.78 is 0. The third-order valence-electron chi connectivity index (χ3n) is 4.02. The van der Waals surface area contributed by atoms with Crippen molar-refractivity contribution in [3.05, 3.63) is 59.0 Å². The van der Waals surface area contributed by atoms with Gasteiger partial charge in [-0.15, -0.1) is 0 Å². The molecule has 3 heterocycles. The Kier molecular flexibility index (Phi) is 3.33. The van der Waals surface area contributed by atoms with Gasteiger partial charge in [-0.3, -0.25) is 0 Å². The minimum atomic E-state index is 0.553. The molecule has 116 valence electrons. The third-order valence-corrected chi connectivity index (χ3v) is 4.25. The summed E-state index contributed by atoms with van der Waals surface area (Å²) in [6.07, 6.45) is 3.32. The van der Waals surface area contributed by atoms with Gasteiger partial charge < -0.3 is 9.97 Å². The Hall–Kier alpha value is -3.10. The lowest BCUT2D eigenvalue weighted by Crippen LogP contribution is -1.89. The topological polar surface area (TPSA) is 81.2 Å². The maximum atomic E-state index is 9.53. The summed E-state index contributed by atoms with van der Waals surface area (Å²) in [5.41, 5.74) is 5.53. The van der Waals surface area contributed by atoms with Gasteiger partial charge in [0.2, 0.25) is 0 Å². The number of nitriles is 1. The SMILES string of the molecule is Cc1ccc(Cl)cc1-c1[nH]c(-c2ncnc3[nH]ccc23)cc1C#N. The number of aryl methyl sites for hydroxylation is 1. The molecule has 4 rings (SSSR count). The second-order valence-corrected chi connectivity index (χ2v) is 5.94. The zero-order valence-electron chi connectivity index (χ0n) is 12.8. The standard InChI is InChI=1S/C18H12ClN5/c1-10-2-3-12(19)7-14(10)16-11(8-20)6-15(24-16)17-13-4-5-21-18(13)23-9-22-17/h2-7,9,24H,1H3,(H,21,22,23). The smallest absolute Gasteiger partial charge is 0.141 e. The molecule has 4 aromatic rings. The van der Waals surface area contributed by atoms with Crippen molar-refractivity contribution in [2.75, 3.05) is 0 Å². The molecule has 0 saturated carbocycles. The Morgan fingerprint density at radius 3 is 2.88 bits per heavy atom. The van der Waals surface area contributed by atoms with Crippen LogP contribution in [0.3, 0.4) is 0 Å². The second kappa shape index (κ2) is 5.52. The highest BCUT2D eigenvalue weighted by molar-refractivity contribution is 6.30. The molecule has 0 aliphatic heterocycles. The second-order valence-electron chi connectivity index (χ2n) is 5.50. The summed E-state index contributed by atoms with van der Waals surface area (Å²) >= 11 is 6.13. The molecule has 0 radical (unpaired) electrons. The minimum Gasteiger partial charge on any atom is -0.352 e. The van der Waals surface area contributed by atoms with Crippen molar-refractivity contribution >= 4 is 22.6 Å². The van der Waals surface area contributed by atoms with Gasteiger partial charge in [-0.1, -0.05) is 17.7 Å². The first-order valence-electron chi connectivity index (χ1n) is 7.35. The van der Waals surface area contributed by atoms with Crippen molar-refractivity contribution in [1.82, 2.24) is 19.9 Å². The number of aromatic nitrogens is 4. The van der Waals surface area contributed by atoms with E-state index in [1.54, 1.807) is 0 Å². The molecule has 0 saturated heterocycles. The van der Waals surface area contributed by atoms with Crippen molar-refractivity contribution < 1.29 is 0 Å². The molecule has 2 N–H and O–H groups in total. The number of benzene rings is 1. The third kappa shape index (κ3) is 2.25. The van der Waals surface area contributed by atoms with Gasteiger partial charge in [-0.2, -0.15) is 5.26 Å². The molecule has 3 aromatic heterocycles. The van der Waals surface area contributed by atoms with Crippen LogP contribution in [0.15, 0.2) is 42.9 Å². The number of aromatic amines is 2. The van der Waals surface area contributed by atoms with Gasteiger partial charge in [0.05, 0.1) is 22.6 Å². The largest absolute Gasteiger partial charge is 0.352 e. The fourth-order valence-corrected chi connectivity index (χ4v) is 3.01. The molecular formula is C18H12ClN5. The first-order valence-corrected chi connectivity index (χ1v) is 7.73. The van der Waals surface area contributed by atoms with Crippen LogP contribution in [-0.2, 0) is 0 Å². The fourth-order valence-electron chi connectivity index (χ4n) is 2.83. The molecule has 0 fully saturated rings. The van der Waals surface area contributed by atoms with Crippen LogP contribution in [0.5, 0.6) is 0 Å². The summed E-state index contributed by atoms with van der Waals surface area (Å²) in [6.45, 7) is 1.99. The predicted octanol–water partition coefficient (Wildman–Crippen LogP) is 4.45. The molecular weight excluding hydrogens is 322 g/mol. The molecule has 0 atom stereocenters. The molecule has 0 spiro atoms. The number of nitrogens with zero attached hydrogens (tertiary/aromatic N) is 3. The molecule has 0 unspecified atom stereocenters. The van der Waals surface area contributed by atoms with Crippen molar-refractivity contribution in [2.24, 2.45) is 0 Å². The van der Waals surface area contributed by atoms with E-state index in [9.17, 15) is 5.26 Å². The quantitative estimate of drug-likeness (QED) is 0.568. The first-order chi connectivity index (χ1) is 11.7. The van der Waals surface area contributed by atoms with Gasteiger partial charge in [-0.05, 0) is 36.8 Å². The van der Waals surface area contributed by atoms with E-state index in [2.05, 4.69) is 26.0 Å². The van der Waals surface area contributed by atoms with Crippen LogP contribution in [0.4, 0.5) is 0 Å². The van der Waals surface area contributed by atoms with E-state index in [0.29, 0.717) is 10.6 Å².